The molecule has 1 amide bonds. The lowest BCUT2D eigenvalue weighted by atomic mass is 10.2. The molecule has 0 aliphatic carbocycles. The van der Waals surface area contributed by atoms with Gasteiger partial charge in [-0.2, -0.15) is 8.78 Å². The van der Waals surface area contributed by atoms with Crippen LogP contribution in [0.25, 0.3) is 0 Å². The molecule has 0 fully saturated rings. The normalized spacial score (nSPS) is 10.6. The van der Waals surface area contributed by atoms with E-state index < -0.39 is 25.1 Å². The van der Waals surface area contributed by atoms with Crippen LogP contribution in [-0.2, 0) is 16.1 Å². The molecule has 7 nitrogen and oxygen atoms in total. The second-order valence-electron chi connectivity index (χ2n) is 6.03. The van der Waals surface area contributed by atoms with Gasteiger partial charge in [-0.05, 0) is 23.8 Å². The first kappa shape index (κ1) is 22.4. The Bertz CT molecular complexity index is 1050. The number of alkyl halides is 2. The molecule has 0 aliphatic heterocycles. The summed E-state index contributed by atoms with van der Waals surface area (Å²) in [4.78, 5) is 28.2. The number of rotatable bonds is 9. The summed E-state index contributed by atoms with van der Waals surface area (Å²) >= 11 is 7.06. The summed E-state index contributed by atoms with van der Waals surface area (Å²) < 4.78 is 33.7. The van der Waals surface area contributed by atoms with Crippen molar-refractivity contribution in [3.05, 3.63) is 70.2 Å². The van der Waals surface area contributed by atoms with Crippen molar-refractivity contribution in [2.75, 3.05) is 17.2 Å². The van der Waals surface area contributed by atoms with Gasteiger partial charge in [0.05, 0.1) is 5.02 Å². The third-order valence-corrected chi connectivity index (χ3v) is 4.86. The predicted octanol–water partition coefficient (Wildman–Crippen LogP) is 4.81. The van der Waals surface area contributed by atoms with E-state index in [0.29, 0.717) is 11.7 Å². The molecule has 1 heterocycles. The standard InChI is InChI=1S/C20H16ClF2N3O4S/c21-14-8-13(6-7-16(14)30-19(22)23)25-17(27)10-29-18(28)15-11-31-20(26-15)24-9-12-4-2-1-3-5-12/h1-8,11,19H,9-10H2,(H,24,26)(H,25,27). The fourth-order valence-corrected chi connectivity index (χ4v) is 3.30. The number of esters is 1. The van der Waals surface area contributed by atoms with E-state index in [0.717, 1.165) is 5.56 Å². The smallest absolute Gasteiger partial charge is 0.387 e. The average molecular weight is 468 g/mol. The molecular formula is C20H16ClF2N3O4S. The van der Waals surface area contributed by atoms with E-state index >= 15 is 0 Å². The quantitative estimate of drug-likeness (QED) is 0.439. The van der Waals surface area contributed by atoms with Crippen LogP contribution in [0.5, 0.6) is 5.75 Å². The van der Waals surface area contributed by atoms with Crippen LogP contribution in [0.2, 0.25) is 5.02 Å². The van der Waals surface area contributed by atoms with Crippen molar-refractivity contribution in [1.29, 1.82) is 0 Å². The van der Waals surface area contributed by atoms with Gasteiger partial charge in [0.2, 0.25) is 0 Å². The minimum absolute atomic E-state index is 0.0740. The molecule has 2 aromatic carbocycles. The number of ether oxygens (including phenoxy) is 2. The maximum Gasteiger partial charge on any atom is 0.387 e. The first-order chi connectivity index (χ1) is 14.9. The van der Waals surface area contributed by atoms with Gasteiger partial charge in [0.25, 0.3) is 5.91 Å². The predicted molar refractivity (Wildman–Crippen MR) is 113 cm³/mol. The first-order valence-electron chi connectivity index (χ1n) is 8.85. The molecule has 0 spiro atoms. The summed E-state index contributed by atoms with van der Waals surface area (Å²) in [6.07, 6.45) is 0. The zero-order chi connectivity index (χ0) is 22.2. The fourth-order valence-electron chi connectivity index (χ4n) is 2.39. The van der Waals surface area contributed by atoms with Crippen molar-refractivity contribution in [3.8, 4) is 5.75 Å². The number of benzene rings is 2. The molecule has 0 unspecified atom stereocenters. The number of amides is 1. The van der Waals surface area contributed by atoms with Gasteiger partial charge in [-0.25, -0.2) is 9.78 Å². The number of aromatic nitrogens is 1. The van der Waals surface area contributed by atoms with E-state index in [2.05, 4.69) is 20.4 Å². The zero-order valence-electron chi connectivity index (χ0n) is 15.8. The topological polar surface area (TPSA) is 89.6 Å². The SMILES string of the molecule is O=C(COC(=O)c1csc(NCc2ccccc2)n1)Nc1ccc(OC(F)F)c(Cl)c1. The Morgan fingerprint density at radius 1 is 1.16 bits per heavy atom. The maximum absolute atomic E-state index is 12.2. The lowest BCUT2D eigenvalue weighted by Crippen LogP contribution is -2.21. The summed E-state index contributed by atoms with van der Waals surface area (Å²) in [7, 11) is 0. The Labute approximate surface area is 185 Å². The largest absolute Gasteiger partial charge is 0.451 e. The van der Waals surface area contributed by atoms with E-state index in [1.807, 2.05) is 30.3 Å². The van der Waals surface area contributed by atoms with E-state index in [-0.39, 0.29) is 22.2 Å². The van der Waals surface area contributed by atoms with Crippen LogP contribution in [-0.4, -0.2) is 30.1 Å². The molecule has 162 valence electrons. The molecular weight excluding hydrogens is 452 g/mol. The molecule has 2 N–H and O–H groups in total. The zero-order valence-corrected chi connectivity index (χ0v) is 17.4. The van der Waals surface area contributed by atoms with E-state index in [4.69, 9.17) is 16.3 Å². The Hall–Kier alpha value is -3.24. The number of thiazole rings is 1. The first-order valence-corrected chi connectivity index (χ1v) is 10.1. The average Bonchev–Trinajstić information content (AvgIpc) is 3.22. The Morgan fingerprint density at radius 3 is 2.65 bits per heavy atom. The molecule has 0 bridgehead atoms. The summed E-state index contributed by atoms with van der Waals surface area (Å²) in [5, 5.41) is 7.51. The fraction of sp³-hybridized carbons (Fsp3) is 0.150. The Kier molecular flexibility index (Phi) is 7.74. The number of halogens is 3. The summed E-state index contributed by atoms with van der Waals surface area (Å²) in [6.45, 7) is -3.03. The van der Waals surface area contributed by atoms with Crippen molar-refractivity contribution in [1.82, 2.24) is 4.98 Å². The summed E-state index contributed by atoms with van der Waals surface area (Å²) in [6, 6.07) is 13.4. The monoisotopic (exact) mass is 467 g/mol. The van der Waals surface area contributed by atoms with Gasteiger partial charge in [-0.1, -0.05) is 41.9 Å². The third kappa shape index (κ3) is 6.90. The van der Waals surface area contributed by atoms with E-state index in [1.54, 1.807) is 0 Å². The van der Waals surface area contributed by atoms with E-state index in [9.17, 15) is 18.4 Å². The van der Waals surface area contributed by atoms with Gasteiger partial charge in [0.1, 0.15) is 5.75 Å². The van der Waals surface area contributed by atoms with Crippen molar-refractivity contribution >= 4 is 45.6 Å². The van der Waals surface area contributed by atoms with Crippen LogP contribution in [0.3, 0.4) is 0 Å². The highest BCUT2D eigenvalue weighted by molar-refractivity contribution is 7.13. The van der Waals surface area contributed by atoms with Gasteiger partial charge in [0, 0.05) is 17.6 Å². The van der Waals surface area contributed by atoms with E-state index in [1.165, 1.54) is 34.9 Å². The third-order valence-electron chi connectivity index (χ3n) is 3.77. The van der Waals surface area contributed by atoms with Crippen LogP contribution >= 0.6 is 22.9 Å². The molecule has 3 rings (SSSR count). The molecule has 0 radical (unpaired) electrons. The molecule has 0 saturated heterocycles. The Balaban J connectivity index is 1.46. The van der Waals surface area contributed by atoms with Crippen molar-refractivity contribution in [2.45, 2.75) is 13.2 Å². The van der Waals surface area contributed by atoms with Crippen molar-refractivity contribution in [2.24, 2.45) is 0 Å². The molecule has 31 heavy (non-hydrogen) atoms. The lowest BCUT2D eigenvalue weighted by molar-refractivity contribution is -0.119. The number of hydrogen-bond acceptors (Lipinski definition) is 7. The molecule has 11 heteroatoms. The number of anilines is 2. The van der Waals surface area contributed by atoms with Crippen molar-refractivity contribution < 1.29 is 27.8 Å². The maximum atomic E-state index is 12.2. The van der Waals surface area contributed by atoms with Crippen LogP contribution in [0.15, 0.2) is 53.9 Å². The number of carbonyl (C=O) groups is 2. The highest BCUT2D eigenvalue weighted by Crippen LogP contribution is 2.29. The number of nitrogens with one attached hydrogen (secondary N) is 2. The molecule has 1 aromatic heterocycles. The van der Waals surface area contributed by atoms with Gasteiger partial charge in [0.15, 0.2) is 17.4 Å². The Morgan fingerprint density at radius 2 is 1.94 bits per heavy atom. The van der Waals surface area contributed by atoms with Gasteiger partial charge in [-0.3, -0.25) is 4.79 Å². The van der Waals surface area contributed by atoms with Crippen LogP contribution in [0.1, 0.15) is 16.1 Å². The van der Waals surface area contributed by atoms with Crippen LogP contribution in [0.4, 0.5) is 19.6 Å². The van der Waals surface area contributed by atoms with Crippen LogP contribution in [0, 0.1) is 0 Å². The van der Waals surface area contributed by atoms with Gasteiger partial charge < -0.3 is 20.1 Å². The van der Waals surface area contributed by atoms with Crippen molar-refractivity contribution in [3.63, 3.8) is 0 Å². The summed E-state index contributed by atoms with van der Waals surface area (Å²) in [5.41, 5.74) is 1.37. The second-order valence-corrected chi connectivity index (χ2v) is 7.29. The molecule has 0 saturated carbocycles. The van der Waals surface area contributed by atoms with Gasteiger partial charge in [-0.15, -0.1) is 11.3 Å². The highest BCUT2D eigenvalue weighted by atomic mass is 35.5. The highest BCUT2D eigenvalue weighted by Gasteiger charge is 2.15. The van der Waals surface area contributed by atoms with Gasteiger partial charge >= 0.3 is 12.6 Å². The molecule has 3 aromatic rings. The summed E-state index contributed by atoms with van der Waals surface area (Å²) in [5.74, 6) is -1.61. The molecule has 0 atom stereocenters. The van der Waals surface area contributed by atoms with Crippen LogP contribution < -0.4 is 15.4 Å². The number of carbonyl (C=O) groups excluding carboxylic acids is 2. The number of hydrogen-bond donors (Lipinski definition) is 2. The second kappa shape index (κ2) is 10.7. The number of nitrogens with zero attached hydrogens (tertiary/aromatic N) is 1. The lowest BCUT2D eigenvalue weighted by Gasteiger charge is -2.09. The molecule has 0 aliphatic rings. The minimum Gasteiger partial charge on any atom is -0.451 e. The minimum atomic E-state index is -3.02.